The van der Waals surface area contributed by atoms with Crippen LogP contribution in [0.2, 0.25) is 0 Å². The summed E-state index contributed by atoms with van der Waals surface area (Å²) in [6.07, 6.45) is 4.78. The number of esters is 1. The Labute approximate surface area is 168 Å². The molecule has 29 heavy (non-hydrogen) atoms. The van der Waals surface area contributed by atoms with Crippen LogP contribution in [0.25, 0.3) is 0 Å². The number of amides is 1. The Morgan fingerprint density at radius 2 is 1.93 bits per heavy atom. The maximum atomic E-state index is 13.0. The Balaban J connectivity index is 1.84. The third kappa shape index (κ3) is 5.07. The average molecular weight is 394 g/mol. The third-order valence-electron chi connectivity index (χ3n) is 4.78. The van der Waals surface area contributed by atoms with Crippen molar-refractivity contribution in [3.63, 3.8) is 0 Å². The fraction of sp³-hybridized carbons (Fsp3) is 0.273. The lowest BCUT2D eigenvalue weighted by Gasteiger charge is -2.22. The molecule has 0 fully saturated rings. The van der Waals surface area contributed by atoms with Crippen molar-refractivity contribution in [1.29, 1.82) is 0 Å². The lowest BCUT2D eigenvalue weighted by atomic mass is 9.94. The van der Waals surface area contributed by atoms with Crippen molar-refractivity contribution in [1.82, 2.24) is 0 Å². The van der Waals surface area contributed by atoms with Crippen LogP contribution in [-0.2, 0) is 14.3 Å². The lowest BCUT2D eigenvalue weighted by molar-refractivity contribution is -0.384. The Morgan fingerprint density at radius 3 is 2.59 bits per heavy atom. The molecule has 0 unspecified atom stereocenters. The minimum Gasteiger partial charge on any atom is -0.447 e. The molecular formula is C22H22N2O5. The molecule has 0 spiro atoms. The molecule has 0 heterocycles. The fourth-order valence-electron chi connectivity index (χ4n) is 3.22. The zero-order valence-electron chi connectivity index (χ0n) is 16.0. The van der Waals surface area contributed by atoms with E-state index in [2.05, 4.69) is 5.32 Å². The van der Waals surface area contributed by atoms with Gasteiger partial charge in [0.25, 0.3) is 11.6 Å². The summed E-state index contributed by atoms with van der Waals surface area (Å²) in [5, 5.41) is 13.9. The zero-order valence-corrected chi connectivity index (χ0v) is 16.0. The highest BCUT2D eigenvalue weighted by molar-refractivity contribution is 5.98. The Kier molecular flexibility index (Phi) is 6.39. The van der Waals surface area contributed by atoms with Gasteiger partial charge in [-0.1, -0.05) is 48.6 Å². The summed E-state index contributed by atoms with van der Waals surface area (Å²) in [5.41, 5.74) is 1.04. The SMILES string of the molecule is Cc1ccc(NC(=O)[C@H](OC(=O)[C@@H]2CC=CCC2)c2ccccc2)c([N+](=O)[O-])c1. The highest BCUT2D eigenvalue weighted by atomic mass is 16.6. The smallest absolute Gasteiger partial charge is 0.310 e. The summed E-state index contributed by atoms with van der Waals surface area (Å²) in [7, 11) is 0. The lowest BCUT2D eigenvalue weighted by Crippen LogP contribution is -2.29. The van der Waals surface area contributed by atoms with Crippen LogP contribution in [0.1, 0.15) is 36.5 Å². The van der Waals surface area contributed by atoms with Gasteiger partial charge in [0.2, 0.25) is 6.10 Å². The summed E-state index contributed by atoms with van der Waals surface area (Å²) in [4.78, 5) is 36.4. The molecular weight excluding hydrogens is 372 g/mol. The molecule has 0 aliphatic heterocycles. The van der Waals surface area contributed by atoms with Crippen molar-refractivity contribution in [2.45, 2.75) is 32.3 Å². The number of nitrogens with zero attached hydrogens (tertiary/aromatic N) is 1. The molecule has 0 saturated carbocycles. The van der Waals surface area contributed by atoms with Gasteiger partial charge in [-0.3, -0.25) is 19.7 Å². The third-order valence-corrected chi connectivity index (χ3v) is 4.78. The minimum absolute atomic E-state index is 0.0585. The number of aryl methyl sites for hydroxylation is 1. The van der Waals surface area contributed by atoms with E-state index in [-0.39, 0.29) is 17.3 Å². The van der Waals surface area contributed by atoms with Gasteiger partial charge in [0.15, 0.2) is 0 Å². The van der Waals surface area contributed by atoms with Gasteiger partial charge in [0.05, 0.1) is 10.8 Å². The monoisotopic (exact) mass is 394 g/mol. The second-order valence-electron chi connectivity index (χ2n) is 6.98. The summed E-state index contributed by atoms with van der Waals surface area (Å²) in [6.45, 7) is 1.73. The molecule has 1 aliphatic rings. The van der Waals surface area contributed by atoms with Crippen LogP contribution < -0.4 is 5.32 Å². The number of hydrogen-bond acceptors (Lipinski definition) is 5. The highest BCUT2D eigenvalue weighted by Crippen LogP contribution is 2.29. The van der Waals surface area contributed by atoms with E-state index in [0.29, 0.717) is 24.0 Å². The number of ether oxygens (including phenoxy) is 1. The Hall–Kier alpha value is -3.48. The molecule has 0 bridgehead atoms. The van der Waals surface area contributed by atoms with Crippen LogP contribution in [0.4, 0.5) is 11.4 Å². The van der Waals surface area contributed by atoms with E-state index in [0.717, 1.165) is 6.42 Å². The molecule has 2 aromatic rings. The summed E-state index contributed by atoms with van der Waals surface area (Å²) in [6, 6.07) is 13.2. The summed E-state index contributed by atoms with van der Waals surface area (Å²) >= 11 is 0. The van der Waals surface area contributed by atoms with Crippen molar-refractivity contribution in [3.05, 3.63) is 81.9 Å². The summed E-state index contributed by atoms with van der Waals surface area (Å²) in [5.74, 6) is -1.38. The number of benzene rings is 2. The summed E-state index contributed by atoms with van der Waals surface area (Å²) < 4.78 is 5.58. The van der Waals surface area contributed by atoms with Gasteiger partial charge in [-0.25, -0.2) is 0 Å². The topological polar surface area (TPSA) is 98.5 Å². The number of nitrogens with one attached hydrogen (secondary N) is 1. The van der Waals surface area contributed by atoms with Gasteiger partial charge in [-0.2, -0.15) is 0 Å². The van der Waals surface area contributed by atoms with Crippen LogP contribution >= 0.6 is 0 Å². The van der Waals surface area contributed by atoms with Crippen LogP contribution in [0.15, 0.2) is 60.7 Å². The van der Waals surface area contributed by atoms with Gasteiger partial charge >= 0.3 is 5.97 Å². The number of allylic oxidation sites excluding steroid dienone is 2. The first-order chi connectivity index (χ1) is 14.0. The zero-order chi connectivity index (χ0) is 20.8. The number of anilines is 1. The first-order valence-corrected chi connectivity index (χ1v) is 9.42. The quantitative estimate of drug-likeness (QED) is 0.337. The Bertz CT molecular complexity index is 939. The molecule has 1 N–H and O–H groups in total. The normalized spacial score (nSPS) is 16.7. The molecule has 1 amide bonds. The first kappa shape index (κ1) is 20.3. The molecule has 2 aromatic carbocycles. The number of hydrogen-bond donors (Lipinski definition) is 1. The van der Waals surface area contributed by atoms with Crippen LogP contribution in [0.5, 0.6) is 0 Å². The minimum atomic E-state index is -1.20. The predicted molar refractivity (Wildman–Crippen MR) is 108 cm³/mol. The maximum Gasteiger partial charge on any atom is 0.310 e. The van der Waals surface area contributed by atoms with Gasteiger partial charge in [-0.05, 0) is 37.8 Å². The van der Waals surface area contributed by atoms with E-state index < -0.39 is 22.9 Å². The van der Waals surface area contributed by atoms with Crippen molar-refractivity contribution in [2.75, 3.05) is 5.32 Å². The van der Waals surface area contributed by atoms with Gasteiger partial charge in [0, 0.05) is 11.6 Å². The van der Waals surface area contributed by atoms with E-state index in [1.54, 1.807) is 43.3 Å². The van der Waals surface area contributed by atoms with Crippen molar-refractivity contribution in [3.8, 4) is 0 Å². The van der Waals surface area contributed by atoms with E-state index in [4.69, 9.17) is 4.74 Å². The fourth-order valence-corrected chi connectivity index (χ4v) is 3.22. The second-order valence-corrected chi connectivity index (χ2v) is 6.98. The molecule has 0 aromatic heterocycles. The van der Waals surface area contributed by atoms with E-state index in [9.17, 15) is 19.7 Å². The van der Waals surface area contributed by atoms with E-state index >= 15 is 0 Å². The molecule has 150 valence electrons. The van der Waals surface area contributed by atoms with Gasteiger partial charge in [0.1, 0.15) is 5.69 Å². The van der Waals surface area contributed by atoms with Crippen molar-refractivity contribution < 1.29 is 19.2 Å². The predicted octanol–water partition coefficient (Wildman–Crippen LogP) is 4.48. The number of nitro groups is 1. The maximum absolute atomic E-state index is 13.0. The van der Waals surface area contributed by atoms with Crippen molar-refractivity contribution >= 4 is 23.3 Å². The van der Waals surface area contributed by atoms with Crippen LogP contribution in [0, 0.1) is 23.0 Å². The second kappa shape index (κ2) is 9.14. The molecule has 7 heteroatoms. The molecule has 2 atom stereocenters. The first-order valence-electron chi connectivity index (χ1n) is 9.42. The number of carbonyl (C=O) groups excluding carboxylic acids is 2. The number of carbonyl (C=O) groups is 2. The average Bonchev–Trinajstić information content (AvgIpc) is 2.74. The standard InChI is InChI=1S/C22H22N2O5/c1-15-12-13-18(19(14-15)24(27)28)23-21(25)20(16-8-4-2-5-9-16)29-22(26)17-10-6-3-7-11-17/h2-6,8-9,12-14,17,20H,7,10-11H2,1H3,(H,23,25)/t17-,20-/m1/s1. The molecule has 0 radical (unpaired) electrons. The molecule has 1 aliphatic carbocycles. The number of rotatable bonds is 6. The molecule has 3 rings (SSSR count). The van der Waals surface area contributed by atoms with E-state index in [1.165, 1.54) is 12.1 Å². The van der Waals surface area contributed by atoms with Gasteiger partial charge < -0.3 is 10.1 Å². The highest BCUT2D eigenvalue weighted by Gasteiger charge is 2.30. The van der Waals surface area contributed by atoms with E-state index in [1.807, 2.05) is 12.2 Å². The van der Waals surface area contributed by atoms with Crippen LogP contribution in [-0.4, -0.2) is 16.8 Å². The van der Waals surface area contributed by atoms with Crippen LogP contribution in [0.3, 0.4) is 0 Å². The van der Waals surface area contributed by atoms with Gasteiger partial charge in [-0.15, -0.1) is 0 Å². The largest absolute Gasteiger partial charge is 0.447 e. The number of nitro benzene ring substituents is 1. The molecule has 7 nitrogen and oxygen atoms in total. The van der Waals surface area contributed by atoms with Crippen molar-refractivity contribution in [2.24, 2.45) is 5.92 Å². The Morgan fingerprint density at radius 1 is 1.17 bits per heavy atom. The molecule has 0 saturated heterocycles.